The van der Waals surface area contributed by atoms with Crippen LogP contribution < -0.4 is 5.32 Å². The number of likely N-dealkylation sites (N-methyl/N-ethyl adjacent to an activating group) is 1. The molecule has 0 aliphatic rings. The molecule has 0 bridgehead atoms. The lowest BCUT2D eigenvalue weighted by Gasteiger charge is -2.10. The maximum Gasteiger partial charge on any atom is 0.224 e. The molecule has 0 atom stereocenters. The van der Waals surface area contributed by atoms with Crippen LogP contribution in [0.1, 0.15) is 5.56 Å². The van der Waals surface area contributed by atoms with E-state index in [1.807, 2.05) is 31.1 Å². The second-order valence-electron chi connectivity index (χ2n) is 3.96. The fourth-order valence-corrected chi connectivity index (χ4v) is 1.40. The highest BCUT2D eigenvalue weighted by Gasteiger charge is 2.02. The van der Waals surface area contributed by atoms with Gasteiger partial charge in [-0.15, -0.1) is 0 Å². The van der Waals surface area contributed by atoms with E-state index in [1.165, 1.54) is 0 Å². The highest BCUT2D eigenvalue weighted by atomic mass is 35.5. The monoisotopic (exact) mass is 240 g/mol. The normalized spacial score (nSPS) is 10.5. The molecule has 1 rings (SSSR count). The van der Waals surface area contributed by atoms with E-state index < -0.39 is 0 Å². The molecule has 0 unspecified atom stereocenters. The van der Waals surface area contributed by atoms with Crippen molar-refractivity contribution >= 4 is 17.5 Å². The van der Waals surface area contributed by atoms with Gasteiger partial charge in [0.2, 0.25) is 5.91 Å². The van der Waals surface area contributed by atoms with Gasteiger partial charge in [0.1, 0.15) is 0 Å². The van der Waals surface area contributed by atoms with Crippen LogP contribution in [-0.2, 0) is 11.2 Å². The Balaban J connectivity index is 2.31. The Morgan fingerprint density at radius 2 is 1.94 bits per heavy atom. The van der Waals surface area contributed by atoms with Crippen molar-refractivity contribution in [2.24, 2.45) is 0 Å². The Bertz CT molecular complexity index is 335. The average Bonchev–Trinajstić information content (AvgIpc) is 2.21. The van der Waals surface area contributed by atoms with Crippen LogP contribution in [0, 0.1) is 0 Å². The Morgan fingerprint density at radius 3 is 2.50 bits per heavy atom. The van der Waals surface area contributed by atoms with Crippen LogP contribution >= 0.6 is 11.6 Å². The summed E-state index contributed by atoms with van der Waals surface area (Å²) in [6.07, 6.45) is 0.407. The van der Waals surface area contributed by atoms with Crippen LogP contribution in [0.3, 0.4) is 0 Å². The molecule has 88 valence electrons. The number of carbonyl (C=O) groups is 1. The average molecular weight is 241 g/mol. The molecule has 1 amide bonds. The first-order valence-corrected chi connectivity index (χ1v) is 5.61. The van der Waals surface area contributed by atoms with Crippen LogP contribution in [0.25, 0.3) is 0 Å². The van der Waals surface area contributed by atoms with Crippen LogP contribution in [-0.4, -0.2) is 38.0 Å². The molecule has 1 N–H and O–H groups in total. The second kappa shape index (κ2) is 6.51. The maximum absolute atomic E-state index is 11.5. The largest absolute Gasteiger partial charge is 0.355 e. The van der Waals surface area contributed by atoms with Gasteiger partial charge in [0.15, 0.2) is 0 Å². The fraction of sp³-hybridized carbons (Fsp3) is 0.417. The Kier molecular flexibility index (Phi) is 5.29. The fourth-order valence-electron chi connectivity index (χ4n) is 1.27. The van der Waals surface area contributed by atoms with Crippen molar-refractivity contribution < 1.29 is 4.79 Å². The van der Waals surface area contributed by atoms with Crippen molar-refractivity contribution in [3.63, 3.8) is 0 Å². The molecule has 0 radical (unpaired) electrons. The van der Waals surface area contributed by atoms with E-state index in [9.17, 15) is 4.79 Å². The molecule has 1 aromatic carbocycles. The van der Waals surface area contributed by atoms with Crippen LogP contribution in [0.4, 0.5) is 0 Å². The summed E-state index contributed by atoms with van der Waals surface area (Å²) < 4.78 is 0. The molecule has 16 heavy (non-hydrogen) atoms. The molecular weight excluding hydrogens is 224 g/mol. The number of nitrogens with one attached hydrogen (secondary N) is 1. The van der Waals surface area contributed by atoms with Crippen molar-refractivity contribution in [2.75, 3.05) is 27.2 Å². The first-order valence-electron chi connectivity index (χ1n) is 5.24. The molecule has 0 heterocycles. The quantitative estimate of drug-likeness (QED) is 0.847. The first-order chi connectivity index (χ1) is 7.58. The predicted octanol–water partition coefficient (Wildman–Crippen LogP) is 1.56. The number of halogens is 1. The molecule has 0 aromatic heterocycles. The van der Waals surface area contributed by atoms with Gasteiger partial charge in [-0.2, -0.15) is 0 Å². The van der Waals surface area contributed by atoms with Crippen LogP contribution in [0.2, 0.25) is 5.02 Å². The van der Waals surface area contributed by atoms with Gasteiger partial charge in [0, 0.05) is 18.1 Å². The lowest BCUT2D eigenvalue weighted by atomic mass is 10.1. The smallest absolute Gasteiger partial charge is 0.224 e. The van der Waals surface area contributed by atoms with Gasteiger partial charge in [-0.3, -0.25) is 4.79 Å². The molecular formula is C12H17ClN2O. The zero-order chi connectivity index (χ0) is 12.0. The summed E-state index contributed by atoms with van der Waals surface area (Å²) in [5.74, 6) is 0.0455. The molecule has 1 aromatic rings. The van der Waals surface area contributed by atoms with Gasteiger partial charge in [-0.25, -0.2) is 0 Å². The topological polar surface area (TPSA) is 32.3 Å². The zero-order valence-electron chi connectivity index (χ0n) is 9.66. The summed E-state index contributed by atoms with van der Waals surface area (Å²) in [6, 6.07) is 7.33. The van der Waals surface area contributed by atoms with E-state index in [0.717, 1.165) is 12.1 Å². The third-order valence-electron chi connectivity index (χ3n) is 2.16. The number of hydrogen-bond donors (Lipinski definition) is 1. The molecule has 0 aliphatic heterocycles. The van der Waals surface area contributed by atoms with Crippen molar-refractivity contribution in [2.45, 2.75) is 6.42 Å². The van der Waals surface area contributed by atoms with Crippen molar-refractivity contribution in [1.82, 2.24) is 10.2 Å². The molecule has 0 saturated carbocycles. The minimum absolute atomic E-state index is 0.0455. The molecule has 4 heteroatoms. The lowest BCUT2D eigenvalue weighted by Crippen LogP contribution is -2.32. The first kappa shape index (κ1) is 13.0. The number of amides is 1. The highest BCUT2D eigenvalue weighted by Crippen LogP contribution is 2.09. The van der Waals surface area contributed by atoms with Crippen molar-refractivity contribution in [1.29, 1.82) is 0 Å². The Morgan fingerprint density at radius 1 is 1.31 bits per heavy atom. The summed E-state index contributed by atoms with van der Waals surface area (Å²) in [5.41, 5.74) is 0.978. The zero-order valence-corrected chi connectivity index (χ0v) is 10.4. The summed E-state index contributed by atoms with van der Waals surface area (Å²) in [5, 5.41) is 3.55. The van der Waals surface area contributed by atoms with Gasteiger partial charge in [-0.1, -0.05) is 23.7 Å². The number of benzene rings is 1. The summed E-state index contributed by atoms with van der Waals surface area (Å²) in [4.78, 5) is 13.5. The third kappa shape index (κ3) is 5.14. The van der Waals surface area contributed by atoms with E-state index in [0.29, 0.717) is 18.0 Å². The van der Waals surface area contributed by atoms with E-state index in [4.69, 9.17) is 11.6 Å². The third-order valence-corrected chi connectivity index (χ3v) is 2.41. The van der Waals surface area contributed by atoms with Gasteiger partial charge >= 0.3 is 0 Å². The Hall–Kier alpha value is -1.06. The molecule has 0 saturated heterocycles. The molecule has 0 fully saturated rings. The summed E-state index contributed by atoms with van der Waals surface area (Å²) in [7, 11) is 3.96. The molecule has 0 aliphatic carbocycles. The van der Waals surface area contributed by atoms with Gasteiger partial charge < -0.3 is 10.2 Å². The van der Waals surface area contributed by atoms with E-state index in [2.05, 4.69) is 5.32 Å². The van der Waals surface area contributed by atoms with Crippen LogP contribution in [0.5, 0.6) is 0 Å². The van der Waals surface area contributed by atoms with Gasteiger partial charge in [0.25, 0.3) is 0 Å². The summed E-state index contributed by atoms with van der Waals surface area (Å²) in [6.45, 7) is 1.53. The Labute approximate surface area is 101 Å². The standard InChI is InChI=1S/C12H17ClN2O/c1-15(2)8-7-14-12(16)9-10-3-5-11(13)6-4-10/h3-6H,7-9H2,1-2H3,(H,14,16). The van der Waals surface area contributed by atoms with E-state index in [-0.39, 0.29) is 5.91 Å². The van der Waals surface area contributed by atoms with Crippen LogP contribution in [0.15, 0.2) is 24.3 Å². The number of carbonyl (C=O) groups excluding carboxylic acids is 1. The number of rotatable bonds is 5. The van der Waals surface area contributed by atoms with Gasteiger partial charge in [-0.05, 0) is 31.8 Å². The molecule has 3 nitrogen and oxygen atoms in total. The van der Waals surface area contributed by atoms with Crippen molar-refractivity contribution in [3.05, 3.63) is 34.9 Å². The predicted molar refractivity (Wildman–Crippen MR) is 66.7 cm³/mol. The maximum atomic E-state index is 11.5. The SMILES string of the molecule is CN(C)CCNC(=O)Cc1ccc(Cl)cc1. The van der Waals surface area contributed by atoms with Crippen molar-refractivity contribution in [3.8, 4) is 0 Å². The highest BCUT2D eigenvalue weighted by molar-refractivity contribution is 6.30. The minimum Gasteiger partial charge on any atom is -0.355 e. The van der Waals surface area contributed by atoms with E-state index >= 15 is 0 Å². The number of hydrogen-bond acceptors (Lipinski definition) is 2. The second-order valence-corrected chi connectivity index (χ2v) is 4.39. The lowest BCUT2D eigenvalue weighted by molar-refractivity contribution is -0.120. The van der Waals surface area contributed by atoms with Gasteiger partial charge in [0.05, 0.1) is 6.42 Å². The minimum atomic E-state index is 0.0455. The van der Waals surface area contributed by atoms with E-state index in [1.54, 1.807) is 12.1 Å². The number of nitrogens with zero attached hydrogens (tertiary/aromatic N) is 1. The molecule has 0 spiro atoms. The summed E-state index contributed by atoms with van der Waals surface area (Å²) >= 11 is 5.76.